The molecule has 1 heteroatoms. The van der Waals surface area contributed by atoms with Crippen molar-refractivity contribution in [2.45, 2.75) is 77.7 Å². The maximum atomic E-state index is 3.74. The summed E-state index contributed by atoms with van der Waals surface area (Å²) < 4.78 is 0. The van der Waals surface area contributed by atoms with E-state index in [1.54, 1.807) is 11.1 Å². The van der Waals surface area contributed by atoms with Crippen molar-refractivity contribution in [2.75, 3.05) is 6.54 Å². The first kappa shape index (κ1) is 16.5. The lowest BCUT2D eigenvalue weighted by Gasteiger charge is -2.40. The number of aryl methyl sites for hydroxylation is 1. The van der Waals surface area contributed by atoms with Gasteiger partial charge in [0, 0.05) is 18.0 Å². The van der Waals surface area contributed by atoms with Gasteiger partial charge in [0.15, 0.2) is 0 Å². The number of fused-ring (bicyclic) bond motifs is 1. The molecule has 0 saturated carbocycles. The van der Waals surface area contributed by atoms with E-state index in [4.69, 9.17) is 0 Å². The second-order valence-electron chi connectivity index (χ2n) is 7.61. The van der Waals surface area contributed by atoms with Gasteiger partial charge >= 0.3 is 0 Å². The smallest absolute Gasteiger partial charge is 0.00807 e. The van der Waals surface area contributed by atoms with Crippen molar-refractivity contribution in [1.29, 1.82) is 0 Å². The van der Waals surface area contributed by atoms with Gasteiger partial charge in [-0.1, -0.05) is 64.8 Å². The van der Waals surface area contributed by atoms with Crippen molar-refractivity contribution in [3.63, 3.8) is 0 Å². The Kier molecular flexibility index (Phi) is 5.87. The molecule has 1 nitrogen and oxygen atoms in total. The van der Waals surface area contributed by atoms with Crippen molar-refractivity contribution < 1.29 is 0 Å². The molecule has 2 rings (SSSR count). The fourth-order valence-corrected chi connectivity index (χ4v) is 3.79. The lowest BCUT2D eigenvalue weighted by atomic mass is 9.67. The van der Waals surface area contributed by atoms with Gasteiger partial charge in [0.25, 0.3) is 0 Å². The second-order valence-corrected chi connectivity index (χ2v) is 7.61. The SMILES string of the molecule is CC(C)CCCC1(CNC(C)C)CCCc2ccccc21. The van der Waals surface area contributed by atoms with Crippen LogP contribution in [-0.4, -0.2) is 12.6 Å². The molecule has 1 N–H and O–H groups in total. The Bertz CT molecular complexity index is 435. The molecule has 21 heavy (non-hydrogen) atoms. The Labute approximate surface area is 131 Å². The van der Waals surface area contributed by atoms with Gasteiger partial charge < -0.3 is 5.32 Å². The van der Waals surface area contributed by atoms with Gasteiger partial charge in [-0.05, 0) is 42.7 Å². The molecule has 0 aromatic heterocycles. The van der Waals surface area contributed by atoms with E-state index in [-0.39, 0.29) is 0 Å². The predicted octanol–water partition coefficient (Wildman–Crippen LogP) is 5.09. The first-order valence-corrected chi connectivity index (χ1v) is 8.85. The minimum atomic E-state index is 0.369. The number of rotatable bonds is 7. The van der Waals surface area contributed by atoms with Gasteiger partial charge in [-0.15, -0.1) is 0 Å². The van der Waals surface area contributed by atoms with E-state index in [1.165, 1.54) is 38.5 Å². The van der Waals surface area contributed by atoms with E-state index >= 15 is 0 Å². The molecule has 1 atom stereocenters. The predicted molar refractivity (Wildman–Crippen MR) is 92.9 cm³/mol. The Morgan fingerprint density at radius 1 is 1.14 bits per heavy atom. The molecule has 0 spiro atoms. The van der Waals surface area contributed by atoms with E-state index in [9.17, 15) is 0 Å². The molecule has 0 radical (unpaired) electrons. The molecular weight excluding hydrogens is 254 g/mol. The van der Waals surface area contributed by atoms with Crippen LogP contribution in [0.15, 0.2) is 24.3 Å². The normalized spacial score (nSPS) is 21.8. The lowest BCUT2D eigenvalue weighted by molar-refractivity contribution is 0.292. The van der Waals surface area contributed by atoms with Gasteiger partial charge in [0.05, 0.1) is 0 Å². The van der Waals surface area contributed by atoms with Crippen LogP contribution in [0.2, 0.25) is 0 Å². The van der Waals surface area contributed by atoms with Crippen molar-refractivity contribution >= 4 is 0 Å². The molecule has 1 aliphatic carbocycles. The highest BCUT2D eigenvalue weighted by Crippen LogP contribution is 2.41. The van der Waals surface area contributed by atoms with E-state index in [0.29, 0.717) is 11.5 Å². The minimum Gasteiger partial charge on any atom is -0.314 e. The summed E-state index contributed by atoms with van der Waals surface area (Å²) in [6, 6.07) is 9.75. The van der Waals surface area contributed by atoms with Crippen molar-refractivity contribution in [3.8, 4) is 0 Å². The number of benzene rings is 1. The molecule has 0 aliphatic heterocycles. The molecule has 0 heterocycles. The topological polar surface area (TPSA) is 12.0 Å². The second kappa shape index (κ2) is 7.45. The zero-order valence-electron chi connectivity index (χ0n) is 14.4. The maximum Gasteiger partial charge on any atom is 0.00807 e. The summed E-state index contributed by atoms with van der Waals surface area (Å²) in [6.45, 7) is 10.3. The Balaban J connectivity index is 2.19. The Morgan fingerprint density at radius 3 is 2.62 bits per heavy atom. The molecule has 1 unspecified atom stereocenters. The minimum absolute atomic E-state index is 0.369. The largest absolute Gasteiger partial charge is 0.314 e. The molecular formula is C20H33N. The first-order chi connectivity index (χ1) is 10.0. The van der Waals surface area contributed by atoms with Crippen molar-refractivity contribution in [1.82, 2.24) is 5.32 Å². The maximum absolute atomic E-state index is 3.74. The molecule has 1 aromatic carbocycles. The standard InChI is InChI=1S/C20H33N/c1-16(2)9-7-13-20(15-21-17(3)4)14-8-11-18-10-5-6-12-19(18)20/h5-6,10,12,16-17,21H,7-9,11,13-15H2,1-4H3. The average Bonchev–Trinajstić information content (AvgIpc) is 2.45. The van der Waals surface area contributed by atoms with Crippen LogP contribution < -0.4 is 5.32 Å². The number of hydrogen-bond donors (Lipinski definition) is 1. The molecule has 118 valence electrons. The van der Waals surface area contributed by atoms with Crippen LogP contribution in [0.3, 0.4) is 0 Å². The third-order valence-corrected chi connectivity index (χ3v) is 4.98. The Morgan fingerprint density at radius 2 is 1.90 bits per heavy atom. The van der Waals surface area contributed by atoms with Gasteiger partial charge in [0.1, 0.15) is 0 Å². The van der Waals surface area contributed by atoms with Crippen molar-refractivity contribution in [2.24, 2.45) is 5.92 Å². The first-order valence-electron chi connectivity index (χ1n) is 8.85. The molecule has 0 fully saturated rings. The zero-order chi connectivity index (χ0) is 15.3. The summed E-state index contributed by atoms with van der Waals surface area (Å²) in [7, 11) is 0. The van der Waals surface area contributed by atoms with E-state index in [2.05, 4.69) is 57.3 Å². The molecule has 0 bridgehead atoms. The zero-order valence-corrected chi connectivity index (χ0v) is 14.4. The summed E-state index contributed by atoms with van der Waals surface area (Å²) in [4.78, 5) is 0. The summed E-state index contributed by atoms with van der Waals surface area (Å²) in [5, 5.41) is 3.74. The fraction of sp³-hybridized carbons (Fsp3) is 0.700. The van der Waals surface area contributed by atoms with Crippen LogP contribution in [-0.2, 0) is 11.8 Å². The fourth-order valence-electron chi connectivity index (χ4n) is 3.79. The van der Waals surface area contributed by atoms with Crippen LogP contribution in [0, 0.1) is 5.92 Å². The van der Waals surface area contributed by atoms with Crippen LogP contribution >= 0.6 is 0 Å². The third kappa shape index (κ3) is 4.32. The quantitative estimate of drug-likeness (QED) is 0.737. The average molecular weight is 287 g/mol. The number of nitrogens with one attached hydrogen (secondary N) is 1. The number of hydrogen-bond acceptors (Lipinski definition) is 1. The molecule has 0 amide bonds. The summed E-state index contributed by atoms with van der Waals surface area (Å²) in [5.74, 6) is 0.818. The van der Waals surface area contributed by atoms with E-state index in [1.807, 2.05) is 0 Å². The highest BCUT2D eigenvalue weighted by Gasteiger charge is 2.35. The van der Waals surface area contributed by atoms with Crippen molar-refractivity contribution in [3.05, 3.63) is 35.4 Å². The van der Waals surface area contributed by atoms with E-state index in [0.717, 1.165) is 12.5 Å². The Hall–Kier alpha value is -0.820. The van der Waals surface area contributed by atoms with Gasteiger partial charge in [-0.25, -0.2) is 0 Å². The van der Waals surface area contributed by atoms with Crippen LogP contribution in [0.5, 0.6) is 0 Å². The third-order valence-electron chi connectivity index (χ3n) is 4.98. The molecule has 1 aliphatic rings. The van der Waals surface area contributed by atoms with Crippen LogP contribution in [0.4, 0.5) is 0 Å². The molecule has 0 saturated heterocycles. The van der Waals surface area contributed by atoms with E-state index < -0.39 is 0 Å². The molecule has 1 aromatic rings. The van der Waals surface area contributed by atoms with Gasteiger partial charge in [0.2, 0.25) is 0 Å². The lowest BCUT2D eigenvalue weighted by Crippen LogP contribution is -2.43. The summed E-state index contributed by atoms with van der Waals surface area (Å²) in [6.07, 6.45) is 8.00. The highest BCUT2D eigenvalue weighted by molar-refractivity contribution is 5.37. The van der Waals surface area contributed by atoms with Crippen LogP contribution in [0.1, 0.15) is 70.9 Å². The highest BCUT2D eigenvalue weighted by atomic mass is 14.9. The van der Waals surface area contributed by atoms with Crippen LogP contribution in [0.25, 0.3) is 0 Å². The monoisotopic (exact) mass is 287 g/mol. The van der Waals surface area contributed by atoms with Gasteiger partial charge in [-0.3, -0.25) is 0 Å². The van der Waals surface area contributed by atoms with Gasteiger partial charge in [-0.2, -0.15) is 0 Å². The summed E-state index contributed by atoms with van der Waals surface area (Å²) in [5.41, 5.74) is 3.60. The summed E-state index contributed by atoms with van der Waals surface area (Å²) >= 11 is 0.